The van der Waals surface area contributed by atoms with Crippen molar-refractivity contribution in [3.05, 3.63) is 46.8 Å². The lowest BCUT2D eigenvalue weighted by atomic mass is 9.98. The number of carbonyl (C=O) groups is 1. The number of nitriles is 1. The zero-order valence-electron chi connectivity index (χ0n) is 20.6. The van der Waals surface area contributed by atoms with E-state index in [0.717, 1.165) is 18.4 Å². The zero-order valence-corrected chi connectivity index (χ0v) is 21.4. The van der Waals surface area contributed by atoms with Gasteiger partial charge in [-0.3, -0.25) is 4.79 Å². The minimum absolute atomic E-state index is 0.176. The number of nitrogens with zero attached hydrogens (tertiary/aromatic N) is 3. The number of rotatable bonds is 8. The molecule has 1 unspecified atom stereocenters. The number of piperidine rings is 1. The number of hydrogen-bond acceptors (Lipinski definition) is 5. The highest BCUT2D eigenvalue weighted by molar-refractivity contribution is 7.89. The van der Waals surface area contributed by atoms with Gasteiger partial charge in [-0.15, -0.1) is 0 Å². The fourth-order valence-corrected chi connectivity index (χ4v) is 6.30. The second kappa shape index (κ2) is 10.6. The van der Waals surface area contributed by atoms with Crippen molar-refractivity contribution in [3.8, 4) is 11.8 Å². The Morgan fingerprint density at radius 3 is 2.56 bits per heavy atom. The van der Waals surface area contributed by atoms with E-state index in [9.17, 15) is 18.5 Å². The summed E-state index contributed by atoms with van der Waals surface area (Å²) in [6.07, 6.45) is 3.80. The van der Waals surface area contributed by atoms with Crippen molar-refractivity contribution in [2.24, 2.45) is 5.92 Å². The van der Waals surface area contributed by atoms with Crippen LogP contribution in [0.15, 0.2) is 29.3 Å². The number of carbonyl (C=O) groups excluding carboxylic acids is 1. The third-order valence-corrected chi connectivity index (χ3v) is 8.52. The van der Waals surface area contributed by atoms with Crippen molar-refractivity contribution in [3.63, 3.8) is 0 Å². The molecule has 2 aromatic rings. The monoisotopic (exact) mass is 486 g/mol. The SMILES string of the molecule is COc1cc(C)c(S(=O)(=O)NC(CCn2cccc2C#N)C(=O)N2CCC(C)CC2)c(C)c1C. The molecule has 1 aromatic heterocycles. The summed E-state index contributed by atoms with van der Waals surface area (Å²) in [5.74, 6) is 0.951. The first kappa shape index (κ1) is 25.8. The molecule has 0 radical (unpaired) electrons. The molecule has 1 atom stereocenters. The van der Waals surface area contributed by atoms with E-state index in [2.05, 4.69) is 17.7 Å². The predicted octanol–water partition coefficient (Wildman–Crippen LogP) is 3.29. The largest absolute Gasteiger partial charge is 0.496 e. The van der Waals surface area contributed by atoms with E-state index in [1.807, 2.05) is 6.92 Å². The molecule has 2 heterocycles. The Balaban J connectivity index is 1.92. The van der Waals surface area contributed by atoms with Crippen LogP contribution in [-0.4, -0.2) is 50.0 Å². The summed E-state index contributed by atoms with van der Waals surface area (Å²) in [5, 5.41) is 9.31. The highest BCUT2D eigenvalue weighted by Crippen LogP contribution is 2.31. The Kier molecular flexibility index (Phi) is 8.05. The summed E-state index contributed by atoms with van der Waals surface area (Å²) in [6, 6.07) is 6.35. The highest BCUT2D eigenvalue weighted by Gasteiger charge is 2.32. The quantitative estimate of drug-likeness (QED) is 0.617. The van der Waals surface area contributed by atoms with E-state index in [-0.39, 0.29) is 17.2 Å². The topological polar surface area (TPSA) is 104 Å². The molecule has 1 N–H and O–H groups in total. The average Bonchev–Trinajstić information content (AvgIpc) is 3.26. The molecule has 0 spiro atoms. The molecule has 34 heavy (non-hydrogen) atoms. The maximum absolute atomic E-state index is 13.6. The van der Waals surface area contributed by atoms with Gasteiger partial charge in [0.05, 0.1) is 12.0 Å². The minimum atomic E-state index is -4.00. The molecule has 3 rings (SSSR count). The van der Waals surface area contributed by atoms with Gasteiger partial charge >= 0.3 is 0 Å². The normalized spacial score (nSPS) is 15.7. The van der Waals surface area contributed by atoms with Crippen molar-refractivity contribution < 1.29 is 17.9 Å². The van der Waals surface area contributed by atoms with Crippen LogP contribution < -0.4 is 9.46 Å². The van der Waals surface area contributed by atoms with E-state index < -0.39 is 16.1 Å². The molecule has 1 fully saturated rings. The van der Waals surface area contributed by atoms with Crippen molar-refractivity contribution in [2.45, 2.75) is 64.4 Å². The van der Waals surface area contributed by atoms with Crippen molar-refractivity contribution in [2.75, 3.05) is 20.2 Å². The number of sulfonamides is 1. The van der Waals surface area contributed by atoms with Gasteiger partial charge in [0.15, 0.2) is 0 Å². The first-order valence-electron chi connectivity index (χ1n) is 11.6. The van der Waals surface area contributed by atoms with Crippen LogP contribution in [0.2, 0.25) is 0 Å². The van der Waals surface area contributed by atoms with Gasteiger partial charge in [-0.05, 0) is 80.8 Å². The molecular weight excluding hydrogens is 452 g/mol. The molecule has 0 bridgehead atoms. The van der Waals surface area contributed by atoms with Gasteiger partial charge in [0, 0.05) is 25.8 Å². The van der Waals surface area contributed by atoms with Crippen LogP contribution in [0.25, 0.3) is 0 Å². The molecular formula is C25H34N4O4S. The Labute approximate surface area is 202 Å². The zero-order chi connectivity index (χ0) is 25.0. The van der Waals surface area contributed by atoms with Gasteiger partial charge in [0.2, 0.25) is 15.9 Å². The molecule has 1 aliphatic rings. The molecule has 9 heteroatoms. The Bertz CT molecular complexity index is 1190. The molecule has 0 aliphatic carbocycles. The first-order chi connectivity index (χ1) is 16.1. The summed E-state index contributed by atoms with van der Waals surface area (Å²) in [5.41, 5.74) is 2.37. The number of aromatic nitrogens is 1. The number of aryl methyl sites for hydroxylation is 2. The third kappa shape index (κ3) is 5.45. The lowest BCUT2D eigenvalue weighted by Gasteiger charge is -2.33. The number of hydrogen-bond donors (Lipinski definition) is 1. The number of likely N-dealkylation sites (tertiary alicyclic amines) is 1. The van der Waals surface area contributed by atoms with Crippen LogP contribution in [0.1, 0.15) is 48.6 Å². The molecule has 1 aliphatic heterocycles. The molecule has 1 amide bonds. The molecule has 1 saturated heterocycles. The second-order valence-corrected chi connectivity index (χ2v) is 10.8. The molecule has 184 valence electrons. The van der Waals surface area contributed by atoms with Gasteiger partial charge in [-0.1, -0.05) is 6.92 Å². The smallest absolute Gasteiger partial charge is 0.241 e. The summed E-state index contributed by atoms with van der Waals surface area (Å²) in [4.78, 5) is 15.4. The van der Waals surface area contributed by atoms with Gasteiger partial charge < -0.3 is 14.2 Å². The van der Waals surface area contributed by atoms with E-state index in [4.69, 9.17) is 4.74 Å². The number of amides is 1. The van der Waals surface area contributed by atoms with Crippen LogP contribution in [0, 0.1) is 38.0 Å². The third-order valence-electron chi connectivity index (χ3n) is 6.76. The molecule has 0 saturated carbocycles. The average molecular weight is 487 g/mol. The molecule has 8 nitrogen and oxygen atoms in total. The minimum Gasteiger partial charge on any atom is -0.496 e. The van der Waals surface area contributed by atoms with Crippen molar-refractivity contribution >= 4 is 15.9 Å². The van der Waals surface area contributed by atoms with Crippen LogP contribution in [-0.2, 0) is 21.4 Å². The summed E-state index contributed by atoms with van der Waals surface area (Å²) in [7, 11) is -2.44. The Hall–Kier alpha value is -2.83. The van der Waals surface area contributed by atoms with Gasteiger partial charge in [-0.25, -0.2) is 8.42 Å². The standard InChI is InChI=1S/C25H34N4O4S/c1-17-8-12-29(13-9-17)25(30)22(10-14-28-11-6-7-21(28)16-26)27-34(31,32)24-18(2)15-23(33-5)19(3)20(24)4/h6-7,11,15,17,22,27H,8-10,12-14H2,1-5H3. The Morgan fingerprint density at radius 1 is 1.26 bits per heavy atom. The highest BCUT2D eigenvalue weighted by atomic mass is 32.2. The van der Waals surface area contributed by atoms with E-state index in [0.29, 0.717) is 48.1 Å². The van der Waals surface area contributed by atoms with Gasteiger partial charge in [0.1, 0.15) is 23.6 Å². The summed E-state index contributed by atoms with van der Waals surface area (Å²) < 4.78 is 37.0. The van der Waals surface area contributed by atoms with Crippen molar-refractivity contribution in [1.29, 1.82) is 5.26 Å². The number of nitrogens with one attached hydrogen (secondary N) is 1. The van der Waals surface area contributed by atoms with Crippen molar-refractivity contribution in [1.82, 2.24) is 14.2 Å². The number of methoxy groups -OCH3 is 1. The molecule has 1 aromatic carbocycles. The van der Waals surface area contributed by atoms with E-state index >= 15 is 0 Å². The number of benzene rings is 1. The van der Waals surface area contributed by atoms with E-state index in [1.54, 1.807) is 54.8 Å². The van der Waals surface area contributed by atoms with Crippen LogP contribution in [0.4, 0.5) is 0 Å². The number of ether oxygens (including phenoxy) is 1. The second-order valence-electron chi connectivity index (χ2n) is 9.14. The van der Waals surface area contributed by atoms with E-state index in [1.165, 1.54) is 0 Å². The maximum atomic E-state index is 13.6. The van der Waals surface area contributed by atoms with Gasteiger partial charge in [0.25, 0.3) is 0 Å². The lowest BCUT2D eigenvalue weighted by Crippen LogP contribution is -2.51. The summed E-state index contributed by atoms with van der Waals surface area (Å²) in [6.45, 7) is 9.04. The first-order valence-corrected chi connectivity index (χ1v) is 13.1. The lowest BCUT2D eigenvalue weighted by molar-refractivity contribution is -0.134. The predicted molar refractivity (Wildman–Crippen MR) is 130 cm³/mol. The Morgan fingerprint density at radius 2 is 1.94 bits per heavy atom. The fourth-order valence-electron chi connectivity index (χ4n) is 4.55. The van der Waals surface area contributed by atoms with Crippen LogP contribution in [0.3, 0.4) is 0 Å². The van der Waals surface area contributed by atoms with Crippen LogP contribution in [0.5, 0.6) is 5.75 Å². The summed E-state index contributed by atoms with van der Waals surface area (Å²) >= 11 is 0. The van der Waals surface area contributed by atoms with Crippen LogP contribution >= 0.6 is 0 Å². The fraction of sp³-hybridized carbons (Fsp3) is 0.520. The van der Waals surface area contributed by atoms with Gasteiger partial charge in [-0.2, -0.15) is 9.98 Å². The maximum Gasteiger partial charge on any atom is 0.241 e.